The molecule has 0 aliphatic heterocycles. The number of aromatic hydroxyl groups is 1. The summed E-state index contributed by atoms with van der Waals surface area (Å²) in [6, 6.07) is 23.7. The van der Waals surface area contributed by atoms with Gasteiger partial charge >= 0.3 is 27.0 Å². The topological polar surface area (TPSA) is 41.5 Å². The second-order valence-corrected chi connectivity index (χ2v) is 6.75. The van der Waals surface area contributed by atoms with Gasteiger partial charge in [-0.2, -0.15) is 0 Å². The maximum absolute atomic E-state index is 9.64. The number of methoxy groups -OCH3 is 1. The second kappa shape index (κ2) is 14.0. The van der Waals surface area contributed by atoms with Gasteiger partial charge in [-0.05, 0) is 36.6 Å². The molecule has 5 heteroatoms. The molecule has 29 heavy (non-hydrogen) atoms. The number of nitrogens with one attached hydrogen (secondary N) is 1. The first-order valence-electron chi connectivity index (χ1n) is 9.35. The van der Waals surface area contributed by atoms with Crippen LogP contribution in [0.1, 0.15) is 36.5 Å². The Morgan fingerprint density at radius 3 is 2.10 bits per heavy atom. The fourth-order valence-corrected chi connectivity index (χ4v) is 2.59. The van der Waals surface area contributed by atoms with Gasteiger partial charge in [0.1, 0.15) is 11.5 Å². The number of hydrogen-bond donors (Lipinski definition) is 2. The third kappa shape index (κ3) is 8.89. The van der Waals surface area contributed by atoms with E-state index >= 15 is 0 Å². The van der Waals surface area contributed by atoms with Gasteiger partial charge in [-0.3, -0.25) is 0 Å². The monoisotopic (exact) mass is 500 g/mol. The molecule has 0 saturated carbocycles. The summed E-state index contributed by atoms with van der Waals surface area (Å²) in [6.45, 7) is 7.10. The number of halogens is 1. The van der Waals surface area contributed by atoms with E-state index in [0.717, 1.165) is 17.0 Å². The van der Waals surface area contributed by atoms with Gasteiger partial charge in [-0.25, -0.2) is 0 Å². The first-order chi connectivity index (χ1) is 14.0. The molecule has 0 bridgehead atoms. The first-order valence-corrected chi connectivity index (χ1v) is 11.6. The second-order valence-electron chi connectivity index (χ2n) is 6.75. The van der Waals surface area contributed by atoms with Gasteiger partial charge in [0, 0.05) is 12.1 Å². The van der Waals surface area contributed by atoms with Crippen LogP contribution in [0.2, 0.25) is 0 Å². The van der Waals surface area contributed by atoms with Crippen LogP contribution in [-0.2, 0) is 23.9 Å². The summed E-state index contributed by atoms with van der Waals surface area (Å²) in [7, 11) is 6.21. The van der Waals surface area contributed by atoms with E-state index in [9.17, 15) is 5.11 Å². The number of benzene rings is 3. The van der Waals surface area contributed by atoms with E-state index in [2.05, 4.69) is 60.0 Å². The van der Waals surface area contributed by atoms with Crippen molar-refractivity contribution in [1.29, 1.82) is 0 Å². The van der Waals surface area contributed by atoms with Crippen molar-refractivity contribution in [2.24, 2.45) is 0 Å². The molecule has 0 atom stereocenters. The Morgan fingerprint density at radius 2 is 1.52 bits per heavy atom. The molecule has 2 N–H and O–H groups in total. The van der Waals surface area contributed by atoms with E-state index in [1.54, 1.807) is 13.2 Å². The number of ether oxygens (including phenoxy) is 1. The number of para-hydroxylation sites is 3. The Morgan fingerprint density at radius 1 is 0.931 bits per heavy atom. The molecule has 3 rings (SSSR count). The fourth-order valence-electron chi connectivity index (χ4n) is 2.59. The molecule has 0 amide bonds. The maximum atomic E-state index is 9.64. The average molecular weight is 500 g/mol. The van der Waals surface area contributed by atoms with Gasteiger partial charge in [0.25, 0.3) is 0 Å². The normalized spacial score (nSPS) is 9.62. The zero-order valence-electron chi connectivity index (χ0n) is 17.3. The molecular formula is C24H29ClNO2Ru. The molecule has 0 fully saturated rings. The van der Waals surface area contributed by atoms with Crippen LogP contribution in [0.25, 0.3) is 0 Å². The van der Waals surface area contributed by atoms with Crippen molar-refractivity contribution >= 4 is 15.4 Å². The summed E-state index contributed by atoms with van der Waals surface area (Å²) in [5, 5.41) is 12.9. The van der Waals surface area contributed by atoms with Crippen LogP contribution in [0.3, 0.4) is 0 Å². The molecule has 0 spiro atoms. The molecule has 0 aromatic heterocycles. The molecule has 3 aromatic carbocycles. The zero-order chi connectivity index (χ0) is 21.6. The van der Waals surface area contributed by atoms with E-state index in [-0.39, 0.29) is 0 Å². The zero-order valence-corrected chi connectivity index (χ0v) is 19.8. The van der Waals surface area contributed by atoms with Crippen molar-refractivity contribution in [2.75, 3.05) is 12.4 Å². The van der Waals surface area contributed by atoms with Crippen LogP contribution >= 0.6 is 9.69 Å². The van der Waals surface area contributed by atoms with Crippen LogP contribution in [0, 0.1) is 6.92 Å². The van der Waals surface area contributed by atoms with E-state index in [0.29, 0.717) is 18.2 Å². The van der Waals surface area contributed by atoms with Crippen molar-refractivity contribution in [1.82, 2.24) is 0 Å². The third-order valence-electron chi connectivity index (χ3n) is 4.31. The molecule has 0 radical (unpaired) electrons. The SMILES string of the molecule is COc1ccccc1NCc1ccccc1O.Cc1ccc(C(C)C)cc1.[Cl][Ru]. The van der Waals surface area contributed by atoms with Crippen LogP contribution in [0.15, 0.2) is 72.8 Å². The van der Waals surface area contributed by atoms with Gasteiger partial charge in [-0.15, -0.1) is 0 Å². The van der Waals surface area contributed by atoms with Gasteiger partial charge < -0.3 is 15.2 Å². The van der Waals surface area contributed by atoms with E-state index in [1.807, 2.05) is 59.8 Å². The van der Waals surface area contributed by atoms with E-state index < -0.39 is 0 Å². The Labute approximate surface area is 188 Å². The fraction of sp³-hybridized carbons (Fsp3) is 0.250. The van der Waals surface area contributed by atoms with Gasteiger partial charge in [0.2, 0.25) is 0 Å². The van der Waals surface area contributed by atoms with Crippen LogP contribution in [0.4, 0.5) is 5.69 Å². The third-order valence-corrected chi connectivity index (χ3v) is 4.31. The molecule has 3 nitrogen and oxygen atoms in total. The van der Waals surface area contributed by atoms with Crippen molar-refractivity contribution in [3.8, 4) is 11.5 Å². The predicted octanol–water partition coefficient (Wildman–Crippen LogP) is 6.82. The van der Waals surface area contributed by atoms with E-state index in [1.165, 1.54) is 11.1 Å². The quantitative estimate of drug-likeness (QED) is 0.378. The van der Waals surface area contributed by atoms with Crippen molar-refractivity contribution < 1.29 is 27.2 Å². The molecule has 157 valence electrons. The van der Waals surface area contributed by atoms with Crippen molar-refractivity contribution in [3.63, 3.8) is 0 Å². The molecule has 0 unspecified atom stereocenters. The minimum absolute atomic E-state index is 0.301. The molecular weight excluding hydrogens is 471 g/mol. The van der Waals surface area contributed by atoms with Crippen molar-refractivity contribution in [3.05, 3.63) is 89.5 Å². The predicted molar refractivity (Wildman–Crippen MR) is 120 cm³/mol. The number of phenolic OH excluding ortho intramolecular Hbond substituents is 1. The average Bonchev–Trinajstić information content (AvgIpc) is 2.75. The summed E-state index contributed by atoms with van der Waals surface area (Å²) < 4.78 is 5.24. The van der Waals surface area contributed by atoms with Crippen LogP contribution < -0.4 is 10.1 Å². The molecule has 3 aromatic rings. The van der Waals surface area contributed by atoms with Gasteiger partial charge in [0.05, 0.1) is 12.8 Å². The standard InChI is InChI=1S/C14H15NO2.C10H14.ClH.Ru/c1-17-14-9-5-3-7-12(14)15-10-11-6-2-4-8-13(11)16;1-8(2)10-6-4-9(3)5-7-10;;/h2-9,15-16H,10H2,1H3;4-8H,1-3H3;1H;/q;;;+1/p-1. The van der Waals surface area contributed by atoms with E-state index in [4.69, 9.17) is 4.74 Å². The molecule has 0 heterocycles. The van der Waals surface area contributed by atoms with Gasteiger partial charge in [-0.1, -0.05) is 74.0 Å². The number of anilines is 1. The summed E-state index contributed by atoms with van der Waals surface area (Å²) in [5.41, 5.74) is 4.53. The first kappa shape index (κ1) is 25.0. The minimum atomic E-state index is 0.301. The van der Waals surface area contributed by atoms with Gasteiger partial charge in [0.15, 0.2) is 0 Å². The molecule has 0 aliphatic rings. The summed E-state index contributed by atoms with van der Waals surface area (Å²) in [6.07, 6.45) is 0. The number of phenols is 1. The summed E-state index contributed by atoms with van der Waals surface area (Å²) >= 11 is 1.82. The Hall–Kier alpha value is -2.03. The van der Waals surface area contributed by atoms with Crippen molar-refractivity contribution in [2.45, 2.75) is 33.2 Å². The number of aryl methyl sites for hydroxylation is 1. The Kier molecular flexibility index (Phi) is 12.1. The Balaban J connectivity index is 0.000000299. The molecule has 0 saturated heterocycles. The summed E-state index contributed by atoms with van der Waals surface area (Å²) in [5.74, 6) is 1.75. The molecule has 0 aliphatic carbocycles. The summed E-state index contributed by atoms with van der Waals surface area (Å²) in [4.78, 5) is 0. The number of hydrogen-bond acceptors (Lipinski definition) is 3. The van der Waals surface area contributed by atoms with Crippen LogP contribution in [-0.4, -0.2) is 12.2 Å². The number of rotatable bonds is 5. The Bertz CT molecular complexity index is 838. The van der Waals surface area contributed by atoms with Crippen LogP contribution in [0.5, 0.6) is 11.5 Å².